The zero-order chi connectivity index (χ0) is 13.1. The average molecular weight is 242 g/mol. The summed E-state index contributed by atoms with van der Waals surface area (Å²) in [5.41, 5.74) is 5.47. The summed E-state index contributed by atoms with van der Waals surface area (Å²) >= 11 is 0. The average Bonchev–Trinajstić information content (AvgIpc) is 2.26. The predicted molar refractivity (Wildman–Crippen MR) is 73.8 cm³/mol. The van der Waals surface area contributed by atoms with Crippen LogP contribution in [0.2, 0.25) is 0 Å². The summed E-state index contributed by atoms with van der Waals surface area (Å²) < 4.78 is 0. The van der Waals surface area contributed by atoms with Crippen molar-refractivity contribution in [3.63, 3.8) is 0 Å². The minimum absolute atomic E-state index is 0.193. The van der Waals surface area contributed by atoms with Crippen molar-refractivity contribution in [2.45, 2.75) is 59.3 Å². The highest BCUT2D eigenvalue weighted by atomic mass is 16.1. The molecule has 0 radical (unpaired) electrons. The highest BCUT2D eigenvalue weighted by molar-refractivity contribution is 5.75. The van der Waals surface area contributed by atoms with Crippen LogP contribution in [0.3, 0.4) is 0 Å². The summed E-state index contributed by atoms with van der Waals surface area (Å²) in [5, 5.41) is 2.98. The summed E-state index contributed by atoms with van der Waals surface area (Å²) in [7, 11) is 0. The first-order valence-corrected chi connectivity index (χ1v) is 7.03. The Kier molecular flexibility index (Phi) is 10.2. The first-order chi connectivity index (χ1) is 8.06. The molecule has 102 valence electrons. The van der Waals surface area contributed by atoms with Gasteiger partial charge in [0.2, 0.25) is 5.91 Å². The maximum Gasteiger partial charge on any atom is 0.220 e. The fraction of sp³-hybridized carbons (Fsp3) is 0.929. The van der Waals surface area contributed by atoms with E-state index in [-0.39, 0.29) is 5.91 Å². The highest BCUT2D eigenvalue weighted by Gasteiger charge is 2.05. The van der Waals surface area contributed by atoms with Crippen molar-refractivity contribution < 1.29 is 4.79 Å². The van der Waals surface area contributed by atoms with Gasteiger partial charge in [0.1, 0.15) is 0 Å². The number of carbonyl (C=O) groups is 1. The molecule has 0 aromatic carbocycles. The molecule has 0 aromatic rings. The van der Waals surface area contributed by atoms with E-state index >= 15 is 0 Å². The minimum Gasteiger partial charge on any atom is -0.356 e. The molecular weight excluding hydrogens is 212 g/mol. The SMILES string of the molecule is CC(C)CCCCNC(=O)CCC(C)CCN. The van der Waals surface area contributed by atoms with E-state index < -0.39 is 0 Å². The van der Waals surface area contributed by atoms with E-state index in [0.29, 0.717) is 12.3 Å². The standard InChI is InChI=1S/C14H30N2O/c1-12(2)6-4-5-11-16-14(17)8-7-13(3)9-10-15/h12-13H,4-11,15H2,1-3H3,(H,16,17). The van der Waals surface area contributed by atoms with Gasteiger partial charge in [0, 0.05) is 13.0 Å². The van der Waals surface area contributed by atoms with Crippen LogP contribution >= 0.6 is 0 Å². The zero-order valence-corrected chi connectivity index (χ0v) is 11.8. The van der Waals surface area contributed by atoms with Crippen LogP contribution in [-0.2, 0) is 4.79 Å². The van der Waals surface area contributed by atoms with Gasteiger partial charge >= 0.3 is 0 Å². The van der Waals surface area contributed by atoms with Crippen molar-refractivity contribution >= 4 is 5.91 Å². The van der Waals surface area contributed by atoms with Crippen LogP contribution in [-0.4, -0.2) is 19.0 Å². The first kappa shape index (κ1) is 16.4. The molecule has 0 aliphatic heterocycles. The van der Waals surface area contributed by atoms with E-state index in [0.717, 1.165) is 38.3 Å². The normalized spacial score (nSPS) is 12.8. The van der Waals surface area contributed by atoms with Crippen molar-refractivity contribution in [3.05, 3.63) is 0 Å². The van der Waals surface area contributed by atoms with Gasteiger partial charge in [-0.1, -0.05) is 33.6 Å². The number of amides is 1. The summed E-state index contributed by atoms with van der Waals surface area (Å²) in [6.45, 7) is 8.17. The number of nitrogens with one attached hydrogen (secondary N) is 1. The number of hydrogen-bond donors (Lipinski definition) is 2. The monoisotopic (exact) mass is 242 g/mol. The Morgan fingerprint density at radius 2 is 1.82 bits per heavy atom. The lowest BCUT2D eigenvalue weighted by molar-refractivity contribution is -0.121. The lowest BCUT2D eigenvalue weighted by Gasteiger charge is -2.10. The maximum atomic E-state index is 11.5. The molecule has 0 bridgehead atoms. The lowest BCUT2D eigenvalue weighted by atomic mass is 10.0. The zero-order valence-electron chi connectivity index (χ0n) is 11.8. The first-order valence-electron chi connectivity index (χ1n) is 7.03. The smallest absolute Gasteiger partial charge is 0.220 e. The molecule has 0 spiro atoms. The number of nitrogens with two attached hydrogens (primary N) is 1. The second-order valence-electron chi connectivity index (χ2n) is 5.46. The van der Waals surface area contributed by atoms with Crippen molar-refractivity contribution in [2.24, 2.45) is 17.6 Å². The summed E-state index contributed by atoms with van der Waals surface area (Å²) in [6.07, 6.45) is 6.18. The third kappa shape index (κ3) is 11.7. The van der Waals surface area contributed by atoms with Gasteiger partial charge in [-0.2, -0.15) is 0 Å². The van der Waals surface area contributed by atoms with Gasteiger partial charge in [0.25, 0.3) is 0 Å². The van der Waals surface area contributed by atoms with Crippen LogP contribution in [0.15, 0.2) is 0 Å². The van der Waals surface area contributed by atoms with Gasteiger partial charge in [-0.3, -0.25) is 4.79 Å². The molecule has 0 rings (SSSR count). The van der Waals surface area contributed by atoms with E-state index in [1.54, 1.807) is 0 Å². The van der Waals surface area contributed by atoms with Gasteiger partial charge in [0.15, 0.2) is 0 Å². The topological polar surface area (TPSA) is 55.1 Å². The molecule has 0 saturated carbocycles. The van der Waals surface area contributed by atoms with Gasteiger partial charge in [-0.05, 0) is 37.6 Å². The molecule has 0 aliphatic rings. The Morgan fingerprint density at radius 3 is 2.41 bits per heavy atom. The van der Waals surface area contributed by atoms with E-state index in [1.165, 1.54) is 12.8 Å². The largest absolute Gasteiger partial charge is 0.356 e. The summed E-state index contributed by atoms with van der Waals surface area (Å²) in [5.74, 6) is 1.52. The molecule has 1 atom stereocenters. The number of rotatable bonds is 10. The van der Waals surface area contributed by atoms with E-state index in [1.807, 2.05) is 0 Å². The fourth-order valence-electron chi connectivity index (χ4n) is 1.80. The van der Waals surface area contributed by atoms with Crippen LogP contribution < -0.4 is 11.1 Å². The third-order valence-electron chi connectivity index (χ3n) is 3.05. The van der Waals surface area contributed by atoms with Crippen molar-refractivity contribution in [1.29, 1.82) is 0 Å². The van der Waals surface area contributed by atoms with Crippen LogP contribution in [0, 0.1) is 11.8 Å². The maximum absolute atomic E-state index is 11.5. The quantitative estimate of drug-likeness (QED) is 0.579. The Balaban J connectivity index is 3.34. The summed E-state index contributed by atoms with van der Waals surface area (Å²) in [6, 6.07) is 0. The number of hydrogen-bond acceptors (Lipinski definition) is 2. The molecule has 17 heavy (non-hydrogen) atoms. The number of unbranched alkanes of at least 4 members (excludes halogenated alkanes) is 1. The predicted octanol–water partition coefficient (Wildman–Crippen LogP) is 2.69. The Bertz CT molecular complexity index is 193. The molecule has 0 saturated heterocycles. The van der Waals surface area contributed by atoms with Gasteiger partial charge < -0.3 is 11.1 Å². The van der Waals surface area contributed by atoms with Crippen LogP contribution in [0.5, 0.6) is 0 Å². The molecule has 1 amide bonds. The number of carbonyl (C=O) groups excluding carboxylic acids is 1. The molecular formula is C14H30N2O. The fourth-order valence-corrected chi connectivity index (χ4v) is 1.80. The third-order valence-corrected chi connectivity index (χ3v) is 3.05. The molecule has 0 aliphatic carbocycles. The second-order valence-corrected chi connectivity index (χ2v) is 5.46. The van der Waals surface area contributed by atoms with E-state index in [2.05, 4.69) is 26.1 Å². The van der Waals surface area contributed by atoms with E-state index in [9.17, 15) is 4.79 Å². The Morgan fingerprint density at radius 1 is 1.12 bits per heavy atom. The highest BCUT2D eigenvalue weighted by Crippen LogP contribution is 2.09. The van der Waals surface area contributed by atoms with Gasteiger partial charge in [-0.25, -0.2) is 0 Å². The van der Waals surface area contributed by atoms with Crippen LogP contribution in [0.1, 0.15) is 59.3 Å². The molecule has 0 heterocycles. The van der Waals surface area contributed by atoms with Crippen molar-refractivity contribution in [1.82, 2.24) is 5.32 Å². The van der Waals surface area contributed by atoms with Gasteiger partial charge in [-0.15, -0.1) is 0 Å². The lowest BCUT2D eigenvalue weighted by Crippen LogP contribution is -2.24. The van der Waals surface area contributed by atoms with Crippen LogP contribution in [0.4, 0.5) is 0 Å². The Labute approximate surface area is 107 Å². The van der Waals surface area contributed by atoms with Crippen molar-refractivity contribution in [3.8, 4) is 0 Å². The van der Waals surface area contributed by atoms with Crippen LogP contribution in [0.25, 0.3) is 0 Å². The van der Waals surface area contributed by atoms with E-state index in [4.69, 9.17) is 5.73 Å². The molecule has 0 aromatic heterocycles. The summed E-state index contributed by atoms with van der Waals surface area (Å²) in [4.78, 5) is 11.5. The molecule has 1 unspecified atom stereocenters. The molecule has 0 fully saturated rings. The van der Waals surface area contributed by atoms with Crippen molar-refractivity contribution in [2.75, 3.05) is 13.1 Å². The van der Waals surface area contributed by atoms with Gasteiger partial charge in [0.05, 0.1) is 0 Å². The molecule has 3 heteroatoms. The molecule has 3 nitrogen and oxygen atoms in total. The Hall–Kier alpha value is -0.570. The second kappa shape index (κ2) is 10.6. The molecule has 3 N–H and O–H groups in total. The minimum atomic E-state index is 0.193.